The van der Waals surface area contributed by atoms with Crippen LogP contribution < -0.4 is 0 Å². The van der Waals surface area contributed by atoms with Gasteiger partial charge in [0.25, 0.3) is 0 Å². The van der Waals surface area contributed by atoms with Crippen molar-refractivity contribution in [1.29, 1.82) is 0 Å². The van der Waals surface area contributed by atoms with E-state index in [0.717, 1.165) is 6.42 Å². The molecule has 0 aromatic heterocycles. The molecule has 0 amide bonds. The Morgan fingerprint density at radius 1 is 1.50 bits per heavy atom. The highest BCUT2D eigenvalue weighted by molar-refractivity contribution is 4.81. The number of ether oxygens (including phenoxy) is 1. The number of hydrogen-bond donors (Lipinski definition) is 1. The maximum Gasteiger partial charge on any atom is 0.0586 e. The number of aliphatic hydroxyl groups excluding tert-OH is 1. The Morgan fingerprint density at radius 3 is 2.79 bits per heavy atom. The largest absolute Gasteiger partial charge is 0.395 e. The van der Waals surface area contributed by atoms with Crippen molar-refractivity contribution in [1.82, 2.24) is 4.90 Å². The Hall–Kier alpha value is -0.120. The predicted octanol–water partition coefficient (Wildman–Crippen LogP) is 1.26. The van der Waals surface area contributed by atoms with Crippen LogP contribution in [0.15, 0.2) is 0 Å². The summed E-state index contributed by atoms with van der Waals surface area (Å²) in [6.07, 6.45) is 5.19. The van der Waals surface area contributed by atoms with Crippen molar-refractivity contribution in [3.63, 3.8) is 0 Å². The number of methoxy groups -OCH3 is 1. The fraction of sp³-hybridized carbons (Fsp3) is 1.00. The van der Waals surface area contributed by atoms with E-state index >= 15 is 0 Å². The van der Waals surface area contributed by atoms with Gasteiger partial charge in [0.15, 0.2) is 0 Å². The van der Waals surface area contributed by atoms with Crippen LogP contribution in [0.25, 0.3) is 0 Å². The molecule has 0 radical (unpaired) electrons. The molecule has 14 heavy (non-hydrogen) atoms. The molecule has 1 aliphatic rings. The Balaban J connectivity index is 2.42. The van der Waals surface area contributed by atoms with Crippen molar-refractivity contribution < 1.29 is 9.84 Å². The van der Waals surface area contributed by atoms with Gasteiger partial charge in [-0.2, -0.15) is 0 Å². The van der Waals surface area contributed by atoms with Crippen LogP contribution in [0.4, 0.5) is 0 Å². The molecule has 0 saturated heterocycles. The second-order valence-electron chi connectivity index (χ2n) is 4.38. The highest BCUT2D eigenvalue weighted by atomic mass is 16.5. The van der Waals surface area contributed by atoms with Crippen molar-refractivity contribution in [2.24, 2.45) is 0 Å². The molecular weight excluding hydrogens is 178 g/mol. The number of aliphatic hydroxyl groups is 1. The lowest BCUT2D eigenvalue weighted by molar-refractivity contribution is 0.0178. The van der Waals surface area contributed by atoms with E-state index in [1.165, 1.54) is 19.3 Å². The molecule has 3 nitrogen and oxygen atoms in total. The zero-order valence-corrected chi connectivity index (χ0v) is 9.57. The minimum atomic E-state index is 0.241. The lowest BCUT2D eigenvalue weighted by Crippen LogP contribution is -2.44. The molecule has 3 unspecified atom stereocenters. The monoisotopic (exact) mass is 201 g/mol. The third-order valence-electron chi connectivity index (χ3n) is 3.47. The van der Waals surface area contributed by atoms with Gasteiger partial charge in [-0.25, -0.2) is 0 Å². The van der Waals surface area contributed by atoms with E-state index in [1.807, 2.05) is 0 Å². The predicted molar refractivity (Wildman–Crippen MR) is 57.4 cm³/mol. The quantitative estimate of drug-likeness (QED) is 0.743. The molecule has 0 bridgehead atoms. The van der Waals surface area contributed by atoms with Gasteiger partial charge in [0.1, 0.15) is 0 Å². The molecule has 84 valence electrons. The van der Waals surface area contributed by atoms with Crippen LogP contribution in [0.3, 0.4) is 0 Å². The summed E-state index contributed by atoms with van der Waals surface area (Å²) >= 11 is 0. The van der Waals surface area contributed by atoms with E-state index in [4.69, 9.17) is 9.84 Å². The normalized spacial score (nSPS) is 30.6. The molecule has 0 aliphatic heterocycles. The van der Waals surface area contributed by atoms with Gasteiger partial charge in [-0.1, -0.05) is 0 Å². The van der Waals surface area contributed by atoms with E-state index in [-0.39, 0.29) is 12.6 Å². The van der Waals surface area contributed by atoms with Gasteiger partial charge in [0.2, 0.25) is 0 Å². The van der Waals surface area contributed by atoms with Gasteiger partial charge in [0.05, 0.1) is 12.7 Å². The first-order valence-corrected chi connectivity index (χ1v) is 5.54. The highest BCUT2D eigenvalue weighted by Gasteiger charge is 2.26. The van der Waals surface area contributed by atoms with E-state index in [1.54, 1.807) is 7.11 Å². The highest BCUT2D eigenvalue weighted by Crippen LogP contribution is 2.25. The number of hydrogen-bond acceptors (Lipinski definition) is 3. The van der Waals surface area contributed by atoms with Crippen LogP contribution in [0, 0.1) is 0 Å². The maximum atomic E-state index is 9.09. The molecule has 1 N–H and O–H groups in total. The SMILES string of the molecule is COC1CCCC(N(C)C(C)CO)C1. The summed E-state index contributed by atoms with van der Waals surface area (Å²) in [6, 6.07) is 0.839. The van der Waals surface area contributed by atoms with Crippen LogP contribution in [0.5, 0.6) is 0 Å². The van der Waals surface area contributed by atoms with Gasteiger partial charge in [0, 0.05) is 19.2 Å². The van der Waals surface area contributed by atoms with Crippen LogP contribution in [0.1, 0.15) is 32.6 Å². The van der Waals surface area contributed by atoms with Crippen LogP contribution in [-0.4, -0.2) is 49.0 Å². The zero-order valence-electron chi connectivity index (χ0n) is 9.57. The Kier molecular flexibility index (Phi) is 4.85. The average Bonchev–Trinajstić information content (AvgIpc) is 2.27. The first kappa shape index (κ1) is 12.0. The Morgan fingerprint density at radius 2 is 2.21 bits per heavy atom. The molecule has 3 heteroatoms. The molecule has 1 aliphatic carbocycles. The van der Waals surface area contributed by atoms with Gasteiger partial charge < -0.3 is 9.84 Å². The number of likely N-dealkylation sites (N-methyl/N-ethyl adjacent to an activating group) is 1. The zero-order chi connectivity index (χ0) is 10.6. The van der Waals surface area contributed by atoms with Crippen molar-refractivity contribution in [3.8, 4) is 0 Å². The lowest BCUT2D eigenvalue weighted by atomic mass is 9.91. The smallest absolute Gasteiger partial charge is 0.0586 e. The number of rotatable bonds is 4. The van der Waals surface area contributed by atoms with Crippen molar-refractivity contribution in [3.05, 3.63) is 0 Å². The van der Waals surface area contributed by atoms with Crippen LogP contribution in [-0.2, 0) is 4.74 Å². The van der Waals surface area contributed by atoms with Gasteiger partial charge in [-0.3, -0.25) is 4.90 Å². The molecule has 0 spiro atoms. The van der Waals surface area contributed by atoms with Crippen molar-refractivity contribution in [2.75, 3.05) is 20.8 Å². The average molecular weight is 201 g/mol. The topological polar surface area (TPSA) is 32.7 Å². The van der Waals surface area contributed by atoms with Gasteiger partial charge in [-0.05, 0) is 39.7 Å². The molecule has 0 heterocycles. The van der Waals surface area contributed by atoms with Crippen molar-refractivity contribution >= 4 is 0 Å². The summed E-state index contributed by atoms with van der Waals surface area (Å²) in [5.41, 5.74) is 0. The Bertz CT molecular complexity index is 161. The van der Waals surface area contributed by atoms with Gasteiger partial charge >= 0.3 is 0 Å². The molecule has 1 fully saturated rings. The van der Waals surface area contributed by atoms with Crippen LogP contribution in [0.2, 0.25) is 0 Å². The third kappa shape index (κ3) is 2.94. The summed E-state index contributed by atoms with van der Waals surface area (Å²) in [5, 5.41) is 9.09. The summed E-state index contributed by atoms with van der Waals surface area (Å²) < 4.78 is 5.40. The second kappa shape index (κ2) is 5.69. The summed E-state index contributed by atoms with van der Waals surface area (Å²) in [5.74, 6) is 0. The standard InChI is InChI=1S/C11H23NO2/c1-9(8-13)12(2)10-5-4-6-11(7-10)14-3/h9-11,13H,4-8H2,1-3H3. The van der Waals surface area contributed by atoms with E-state index in [0.29, 0.717) is 12.1 Å². The molecule has 0 aromatic carbocycles. The molecule has 1 saturated carbocycles. The first-order chi connectivity index (χ1) is 6.69. The third-order valence-corrected chi connectivity index (χ3v) is 3.47. The fourth-order valence-corrected chi connectivity index (χ4v) is 2.19. The molecule has 3 atom stereocenters. The fourth-order valence-electron chi connectivity index (χ4n) is 2.19. The summed E-state index contributed by atoms with van der Waals surface area (Å²) in [4.78, 5) is 2.28. The maximum absolute atomic E-state index is 9.09. The molecular formula is C11H23NO2. The second-order valence-corrected chi connectivity index (χ2v) is 4.38. The van der Waals surface area contributed by atoms with E-state index < -0.39 is 0 Å². The summed E-state index contributed by atoms with van der Waals surface area (Å²) in [6.45, 7) is 2.31. The number of nitrogens with zero attached hydrogens (tertiary/aromatic N) is 1. The minimum Gasteiger partial charge on any atom is -0.395 e. The first-order valence-electron chi connectivity index (χ1n) is 5.54. The van der Waals surface area contributed by atoms with E-state index in [9.17, 15) is 0 Å². The minimum absolute atomic E-state index is 0.241. The van der Waals surface area contributed by atoms with Crippen molar-refractivity contribution in [2.45, 2.75) is 50.8 Å². The van der Waals surface area contributed by atoms with Crippen LogP contribution >= 0.6 is 0 Å². The molecule has 0 aromatic rings. The lowest BCUT2D eigenvalue weighted by Gasteiger charge is -2.37. The van der Waals surface area contributed by atoms with E-state index in [2.05, 4.69) is 18.9 Å². The van der Waals surface area contributed by atoms with Gasteiger partial charge in [-0.15, -0.1) is 0 Å². The Labute approximate surface area is 87.1 Å². The molecule has 1 rings (SSSR count). The summed E-state index contributed by atoms with van der Waals surface area (Å²) in [7, 11) is 3.89.